The first kappa shape index (κ1) is 22.9. The molecule has 0 bridgehead atoms. The summed E-state index contributed by atoms with van der Waals surface area (Å²) in [7, 11) is 4.60. The number of likely N-dealkylation sites (tertiary alicyclic amines) is 1. The smallest absolute Gasteiger partial charge is 0.408 e. The molecule has 9 heteroatoms. The van der Waals surface area contributed by atoms with E-state index in [1.165, 1.54) is 12.0 Å². The van der Waals surface area contributed by atoms with Gasteiger partial charge >= 0.3 is 6.09 Å². The molecule has 1 saturated heterocycles. The van der Waals surface area contributed by atoms with Crippen molar-refractivity contribution < 1.29 is 33.7 Å². The molecular formula is C23H26N2O7. The van der Waals surface area contributed by atoms with Crippen LogP contribution in [0.3, 0.4) is 0 Å². The summed E-state index contributed by atoms with van der Waals surface area (Å²) in [6, 6.07) is 10.7. The Morgan fingerprint density at radius 1 is 1.06 bits per heavy atom. The first-order valence-corrected chi connectivity index (χ1v) is 10.0. The highest BCUT2D eigenvalue weighted by molar-refractivity contribution is 5.93. The molecule has 0 spiro atoms. The number of carbonyl (C=O) groups is 3. The van der Waals surface area contributed by atoms with Crippen molar-refractivity contribution in [1.29, 1.82) is 0 Å². The molecule has 1 aliphatic rings. The van der Waals surface area contributed by atoms with Gasteiger partial charge in [-0.25, -0.2) is 4.79 Å². The van der Waals surface area contributed by atoms with E-state index in [0.29, 0.717) is 29.1 Å². The quantitative estimate of drug-likeness (QED) is 0.445. The van der Waals surface area contributed by atoms with E-state index in [2.05, 4.69) is 0 Å². The molecule has 2 amide bonds. The minimum Gasteiger partial charge on any atom is -0.497 e. The zero-order valence-corrected chi connectivity index (χ0v) is 18.2. The summed E-state index contributed by atoms with van der Waals surface area (Å²) in [4.78, 5) is 38.9. The first-order valence-electron chi connectivity index (χ1n) is 10.0. The molecule has 2 atom stereocenters. The maximum absolute atomic E-state index is 13.0. The molecule has 32 heavy (non-hydrogen) atoms. The number of β-lactam (4-membered cyclic amide) rings is 1. The number of hydrogen-bond acceptors (Lipinski definition) is 6. The molecule has 2 aromatic rings. The molecule has 0 unspecified atom stereocenters. The number of amides is 2. The van der Waals surface area contributed by atoms with Crippen LogP contribution in [-0.2, 0) is 22.7 Å². The third kappa shape index (κ3) is 4.61. The molecule has 1 heterocycles. The number of ether oxygens (including phenoxy) is 3. The molecule has 1 fully saturated rings. The number of carbonyl (C=O) groups excluding carboxylic acids is 2. The molecule has 0 aliphatic carbocycles. The summed E-state index contributed by atoms with van der Waals surface area (Å²) in [5.74, 6) is 1.44. The summed E-state index contributed by atoms with van der Waals surface area (Å²) in [5.41, 5.74) is 1.44. The van der Waals surface area contributed by atoms with Gasteiger partial charge in [-0.3, -0.25) is 9.69 Å². The van der Waals surface area contributed by atoms with E-state index >= 15 is 0 Å². The molecule has 1 N–H and O–H groups in total. The predicted molar refractivity (Wildman–Crippen MR) is 115 cm³/mol. The van der Waals surface area contributed by atoms with Gasteiger partial charge < -0.3 is 29.0 Å². The molecule has 0 aromatic heterocycles. The standard InChI is InChI=1S/C23H26N2O7/c1-30-17-7-4-15(5-8-17)13-25(23(28)29)21-19(10-11-26)24(22(21)27)14-16-6-9-18(31-2)12-20(16)32-3/h4-9,11-12,19,21H,10,13-14H2,1-3H3,(H,28,29)/t19-,21+/m1/s1. The van der Waals surface area contributed by atoms with E-state index in [4.69, 9.17) is 14.2 Å². The summed E-state index contributed by atoms with van der Waals surface area (Å²) >= 11 is 0. The second-order valence-electron chi connectivity index (χ2n) is 7.32. The van der Waals surface area contributed by atoms with E-state index in [0.717, 1.165) is 10.5 Å². The molecule has 3 rings (SSSR count). The number of benzene rings is 2. The third-order valence-corrected chi connectivity index (χ3v) is 5.57. The van der Waals surface area contributed by atoms with Crippen molar-refractivity contribution >= 4 is 18.3 Å². The lowest BCUT2D eigenvalue weighted by Gasteiger charge is -2.50. The van der Waals surface area contributed by atoms with Gasteiger partial charge in [0.2, 0.25) is 5.91 Å². The fourth-order valence-corrected chi connectivity index (χ4v) is 3.86. The van der Waals surface area contributed by atoms with Crippen molar-refractivity contribution in [1.82, 2.24) is 9.80 Å². The molecule has 2 aromatic carbocycles. The van der Waals surface area contributed by atoms with Crippen LogP contribution in [0.5, 0.6) is 17.2 Å². The Labute approximate surface area is 186 Å². The normalized spacial score (nSPS) is 17.3. The topological polar surface area (TPSA) is 106 Å². The number of carboxylic acid groups (broad SMARTS) is 1. The Morgan fingerprint density at radius 3 is 2.28 bits per heavy atom. The number of nitrogens with zero attached hydrogens (tertiary/aromatic N) is 2. The first-order chi connectivity index (χ1) is 15.4. The fraction of sp³-hybridized carbons (Fsp3) is 0.348. The largest absolute Gasteiger partial charge is 0.497 e. The lowest BCUT2D eigenvalue weighted by Crippen LogP contribution is -2.70. The monoisotopic (exact) mass is 442 g/mol. The molecule has 0 saturated carbocycles. The second-order valence-corrected chi connectivity index (χ2v) is 7.32. The van der Waals surface area contributed by atoms with Crippen molar-refractivity contribution in [2.45, 2.75) is 31.6 Å². The molecule has 0 radical (unpaired) electrons. The van der Waals surface area contributed by atoms with Gasteiger partial charge in [-0.05, 0) is 29.8 Å². The molecule has 9 nitrogen and oxygen atoms in total. The van der Waals surface area contributed by atoms with Crippen LogP contribution >= 0.6 is 0 Å². The van der Waals surface area contributed by atoms with E-state index in [9.17, 15) is 19.5 Å². The average Bonchev–Trinajstić information content (AvgIpc) is 2.81. The second kappa shape index (κ2) is 10.0. The highest BCUT2D eigenvalue weighted by atomic mass is 16.5. The van der Waals surface area contributed by atoms with E-state index in [1.54, 1.807) is 56.7 Å². The Hall–Kier alpha value is -3.75. The predicted octanol–water partition coefficient (Wildman–Crippen LogP) is 2.56. The summed E-state index contributed by atoms with van der Waals surface area (Å²) in [6.07, 6.45) is -0.492. The Kier molecular flexibility index (Phi) is 7.19. The summed E-state index contributed by atoms with van der Waals surface area (Å²) in [6.45, 7) is 0.210. The van der Waals surface area contributed by atoms with Gasteiger partial charge in [0, 0.05) is 31.1 Å². The Bertz CT molecular complexity index is 977. The van der Waals surface area contributed by atoms with Crippen LogP contribution in [0.15, 0.2) is 42.5 Å². The van der Waals surface area contributed by atoms with Crippen LogP contribution in [0.1, 0.15) is 17.5 Å². The van der Waals surface area contributed by atoms with Gasteiger partial charge in [-0.15, -0.1) is 0 Å². The van der Waals surface area contributed by atoms with Crippen LogP contribution < -0.4 is 14.2 Å². The number of rotatable bonds is 10. The molecular weight excluding hydrogens is 416 g/mol. The Balaban J connectivity index is 1.81. The SMILES string of the molecule is COc1ccc(CN(C(=O)O)[C@@H]2C(=O)N(Cc3ccc(OC)cc3OC)[C@@H]2CC=O)cc1. The highest BCUT2D eigenvalue weighted by Crippen LogP contribution is 2.33. The maximum Gasteiger partial charge on any atom is 0.408 e. The number of methoxy groups -OCH3 is 3. The van der Waals surface area contributed by atoms with Crippen LogP contribution in [0.25, 0.3) is 0 Å². The number of hydrogen-bond donors (Lipinski definition) is 1. The van der Waals surface area contributed by atoms with Gasteiger partial charge in [0.05, 0.1) is 27.4 Å². The minimum atomic E-state index is -1.23. The average molecular weight is 442 g/mol. The minimum absolute atomic E-state index is 0.0186. The third-order valence-electron chi connectivity index (χ3n) is 5.57. The van der Waals surface area contributed by atoms with Crippen LogP contribution in [-0.4, -0.2) is 66.6 Å². The van der Waals surface area contributed by atoms with Crippen molar-refractivity contribution in [3.05, 3.63) is 53.6 Å². The maximum atomic E-state index is 13.0. The van der Waals surface area contributed by atoms with Gasteiger partial charge in [0.25, 0.3) is 0 Å². The summed E-state index contributed by atoms with van der Waals surface area (Å²) in [5, 5.41) is 9.80. The van der Waals surface area contributed by atoms with E-state index in [-0.39, 0.29) is 25.4 Å². The van der Waals surface area contributed by atoms with Gasteiger partial charge in [-0.1, -0.05) is 12.1 Å². The summed E-state index contributed by atoms with van der Waals surface area (Å²) < 4.78 is 15.7. The van der Waals surface area contributed by atoms with Crippen molar-refractivity contribution in [2.24, 2.45) is 0 Å². The van der Waals surface area contributed by atoms with E-state index < -0.39 is 18.2 Å². The lowest BCUT2D eigenvalue weighted by atomic mass is 9.90. The zero-order valence-electron chi connectivity index (χ0n) is 18.2. The fourth-order valence-electron chi connectivity index (χ4n) is 3.86. The van der Waals surface area contributed by atoms with Crippen LogP contribution in [0.4, 0.5) is 4.79 Å². The van der Waals surface area contributed by atoms with Crippen molar-refractivity contribution in [3.8, 4) is 17.2 Å². The van der Waals surface area contributed by atoms with Crippen LogP contribution in [0, 0.1) is 0 Å². The Morgan fingerprint density at radius 2 is 1.72 bits per heavy atom. The van der Waals surface area contributed by atoms with E-state index in [1.807, 2.05) is 0 Å². The molecule has 170 valence electrons. The lowest BCUT2D eigenvalue weighted by molar-refractivity contribution is -0.160. The molecule has 1 aliphatic heterocycles. The number of aldehydes is 1. The van der Waals surface area contributed by atoms with Crippen LogP contribution in [0.2, 0.25) is 0 Å². The van der Waals surface area contributed by atoms with Gasteiger partial charge in [-0.2, -0.15) is 0 Å². The van der Waals surface area contributed by atoms with Gasteiger partial charge in [0.15, 0.2) is 0 Å². The highest BCUT2D eigenvalue weighted by Gasteiger charge is 2.51. The van der Waals surface area contributed by atoms with Gasteiger partial charge in [0.1, 0.15) is 29.6 Å². The van der Waals surface area contributed by atoms with Crippen molar-refractivity contribution in [3.63, 3.8) is 0 Å². The van der Waals surface area contributed by atoms with Crippen molar-refractivity contribution in [2.75, 3.05) is 21.3 Å². The zero-order chi connectivity index (χ0) is 23.3.